The third-order valence-corrected chi connectivity index (χ3v) is 9.05. The number of carbonyl (C=O) groups excluding carboxylic acids is 3. The average molecular weight is 668 g/mol. The van der Waals surface area contributed by atoms with Crippen LogP contribution in [0.15, 0.2) is 0 Å². The lowest BCUT2D eigenvalue weighted by Gasteiger charge is -2.16. The SMILES string of the molecule is CCCCCCCCCCCCCCCCCCOC(=O)NC(CNC(=O)OCCCCCCCCCCCCCCCC)C(N)=O. The first-order valence-electron chi connectivity index (χ1n) is 20.1. The highest BCUT2D eigenvalue weighted by Gasteiger charge is 2.20. The lowest BCUT2D eigenvalue weighted by Crippen LogP contribution is -2.51. The summed E-state index contributed by atoms with van der Waals surface area (Å²) in [7, 11) is 0. The Bertz CT molecular complexity index is 706. The first-order chi connectivity index (χ1) is 23.0. The quantitative estimate of drug-likeness (QED) is 0.0574. The Morgan fingerprint density at radius 3 is 1.02 bits per heavy atom. The summed E-state index contributed by atoms with van der Waals surface area (Å²) in [5.41, 5.74) is 5.40. The molecule has 3 amide bonds. The number of unbranched alkanes of at least 4 members (excludes halogenated alkanes) is 28. The Morgan fingerprint density at radius 2 is 0.723 bits per heavy atom. The summed E-state index contributed by atoms with van der Waals surface area (Å²) in [6.07, 6.45) is 37.0. The molecule has 0 saturated heterocycles. The molecule has 0 aliphatic carbocycles. The molecule has 0 aromatic heterocycles. The van der Waals surface area contributed by atoms with Crippen LogP contribution in [0, 0.1) is 0 Å². The zero-order valence-corrected chi connectivity index (χ0v) is 31.0. The number of primary amides is 1. The van der Waals surface area contributed by atoms with Crippen LogP contribution in [0.2, 0.25) is 0 Å². The second-order valence-corrected chi connectivity index (χ2v) is 13.7. The zero-order valence-electron chi connectivity index (χ0n) is 31.0. The van der Waals surface area contributed by atoms with Crippen molar-refractivity contribution >= 4 is 18.1 Å². The van der Waals surface area contributed by atoms with Gasteiger partial charge in [0, 0.05) is 0 Å². The molecule has 0 aliphatic rings. The van der Waals surface area contributed by atoms with Crippen LogP contribution in [0.25, 0.3) is 0 Å². The van der Waals surface area contributed by atoms with Crippen LogP contribution in [0.3, 0.4) is 0 Å². The molecule has 0 heterocycles. The Kier molecular flexibility index (Phi) is 35.3. The van der Waals surface area contributed by atoms with Crippen LogP contribution in [0.4, 0.5) is 9.59 Å². The summed E-state index contributed by atoms with van der Waals surface area (Å²) in [6.45, 7) is 5.02. The number of rotatable bonds is 36. The van der Waals surface area contributed by atoms with Crippen LogP contribution in [-0.2, 0) is 14.3 Å². The molecule has 0 fully saturated rings. The zero-order chi connectivity index (χ0) is 34.5. The Labute approximate surface area is 290 Å². The fourth-order valence-electron chi connectivity index (χ4n) is 5.92. The van der Waals surface area contributed by atoms with E-state index in [9.17, 15) is 14.4 Å². The maximum absolute atomic E-state index is 12.1. The second kappa shape index (κ2) is 36.8. The van der Waals surface area contributed by atoms with Crippen molar-refractivity contribution in [1.82, 2.24) is 10.6 Å². The van der Waals surface area contributed by atoms with E-state index in [1.54, 1.807) is 0 Å². The van der Waals surface area contributed by atoms with E-state index >= 15 is 0 Å². The number of nitrogens with one attached hydrogen (secondary N) is 2. The van der Waals surface area contributed by atoms with Crippen LogP contribution in [-0.4, -0.2) is 43.9 Å². The second-order valence-electron chi connectivity index (χ2n) is 13.7. The fraction of sp³-hybridized carbons (Fsp3) is 0.923. The molecule has 47 heavy (non-hydrogen) atoms. The van der Waals surface area contributed by atoms with Crippen LogP contribution in [0.1, 0.15) is 206 Å². The Morgan fingerprint density at radius 1 is 0.447 bits per heavy atom. The number of nitrogens with two attached hydrogens (primary N) is 1. The van der Waals surface area contributed by atoms with Crippen molar-refractivity contribution in [2.75, 3.05) is 19.8 Å². The average Bonchev–Trinajstić information content (AvgIpc) is 3.06. The van der Waals surface area contributed by atoms with Crippen molar-refractivity contribution in [1.29, 1.82) is 0 Å². The predicted molar refractivity (Wildman–Crippen MR) is 197 cm³/mol. The molecular weight excluding hydrogens is 590 g/mol. The van der Waals surface area contributed by atoms with Crippen molar-refractivity contribution in [2.45, 2.75) is 213 Å². The molecule has 0 bridgehead atoms. The molecule has 0 radical (unpaired) electrons. The summed E-state index contributed by atoms with van der Waals surface area (Å²) in [6, 6.07) is -1.05. The van der Waals surface area contributed by atoms with Crippen molar-refractivity contribution in [3.63, 3.8) is 0 Å². The van der Waals surface area contributed by atoms with Gasteiger partial charge in [0.2, 0.25) is 5.91 Å². The van der Waals surface area contributed by atoms with E-state index in [1.165, 1.54) is 154 Å². The normalized spacial score (nSPS) is 11.7. The van der Waals surface area contributed by atoms with E-state index in [-0.39, 0.29) is 6.54 Å². The monoisotopic (exact) mass is 668 g/mol. The molecule has 0 rings (SSSR count). The number of hydrogen-bond donors (Lipinski definition) is 3. The number of ether oxygens (including phenoxy) is 2. The van der Waals surface area contributed by atoms with Gasteiger partial charge in [-0.25, -0.2) is 9.59 Å². The molecule has 1 unspecified atom stereocenters. The van der Waals surface area contributed by atoms with E-state index in [0.29, 0.717) is 13.2 Å². The van der Waals surface area contributed by atoms with Gasteiger partial charge in [0.1, 0.15) is 6.04 Å². The van der Waals surface area contributed by atoms with Gasteiger partial charge in [0.15, 0.2) is 0 Å². The minimum Gasteiger partial charge on any atom is -0.450 e. The molecule has 0 spiro atoms. The van der Waals surface area contributed by atoms with Gasteiger partial charge in [-0.1, -0.05) is 194 Å². The smallest absolute Gasteiger partial charge is 0.407 e. The largest absolute Gasteiger partial charge is 0.450 e. The Hall–Kier alpha value is -1.99. The number of amides is 3. The van der Waals surface area contributed by atoms with Crippen LogP contribution >= 0.6 is 0 Å². The standard InChI is InChI=1S/C39H77N3O5/c1-3-5-7-9-11-13-15-17-19-20-22-24-26-28-30-32-34-47-39(45)42-36(37(40)43)35-41-38(44)46-33-31-29-27-25-23-21-18-16-14-12-10-8-6-4-2/h36H,3-35H2,1-2H3,(H2,40,43)(H,41,44)(H,42,45). The summed E-state index contributed by atoms with van der Waals surface area (Å²) in [4.78, 5) is 35.9. The summed E-state index contributed by atoms with van der Waals surface area (Å²) in [5.74, 6) is -0.739. The van der Waals surface area contributed by atoms with E-state index < -0.39 is 24.1 Å². The molecule has 8 heteroatoms. The van der Waals surface area contributed by atoms with Crippen LogP contribution in [0.5, 0.6) is 0 Å². The van der Waals surface area contributed by atoms with Crippen molar-refractivity contribution in [3.8, 4) is 0 Å². The van der Waals surface area contributed by atoms with Gasteiger partial charge in [-0.15, -0.1) is 0 Å². The first kappa shape index (κ1) is 45.0. The van der Waals surface area contributed by atoms with E-state index in [4.69, 9.17) is 15.2 Å². The molecule has 1 atom stereocenters. The molecule has 8 nitrogen and oxygen atoms in total. The highest BCUT2D eigenvalue weighted by Crippen LogP contribution is 2.15. The molecule has 0 aromatic carbocycles. The summed E-state index contributed by atoms with van der Waals surface area (Å²) < 4.78 is 10.4. The molecular formula is C39H77N3O5. The van der Waals surface area contributed by atoms with Gasteiger partial charge in [-0.05, 0) is 12.8 Å². The van der Waals surface area contributed by atoms with Crippen LogP contribution < -0.4 is 16.4 Å². The van der Waals surface area contributed by atoms with Gasteiger partial charge in [-0.3, -0.25) is 4.79 Å². The number of hydrogen-bond acceptors (Lipinski definition) is 5. The summed E-state index contributed by atoms with van der Waals surface area (Å²) in [5, 5.41) is 4.95. The maximum Gasteiger partial charge on any atom is 0.407 e. The molecule has 278 valence electrons. The maximum atomic E-state index is 12.1. The summed E-state index contributed by atoms with van der Waals surface area (Å²) >= 11 is 0. The van der Waals surface area contributed by atoms with Gasteiger partial charge in [-0.2, -0.15) is 0 Å². The van der Waals surface area contributed by atoms with E-state index in [1.807, 2.05) is 0 Å². The fourth-order valence-corrected chi connectivity index (χ4v) is 5.92. The Balaban J connectivity index is 3.59. The first-order valence-corrected chi connectivity index (χ1v) is 20.1. The third kappa shape index (κ3) is 35.1. The van der Waals surface area contributed by atoms with E-state index in [2.05, 4.69) is 24.5 Å². The topological polar surface area (TPSA) is 120 Å². The molecule has 0 saturated carbocycles. The van der Waals surface area contributed by atoms with Crippen molar-refractivity contribution < 1.29 is 23.9 Å². The predicted octanol–water partition coefficient (Wildman–Crippen LogP) is 11.0. The highest BCUT2D eigenvalue weighted by molar-refractivity contribution is 5.85. The molecule has 4 N–H and O–H groups in total. The van der Waals surface area contributed by atoms with Gasteiger partial charge >= 0.3 is 12.2 Å². The molecule has 0 aliphatic heterocycles. The highest BCUT2D eigenvalue weighted by atomic mass is 16.6. The van der Waals surface area contributed by atoms with Crippen molar-refractivity contribution in [3.05, 3.63) is 0 Å². The minimum absolute atomic E-state index is 0.138. The third-order valence-electron chi connectivity index (χ3n) is 9.05. The van der Waals surface area contributed by atoms with Gasteiger partial charge in [0.25, 0.3) is 0 Å². The number of carbonyl (C=O) groups is 3. The molecule has 0 aromatic rings. The van der Waals surface area contributed by atoms with Gasteiger partial charge in [0.05, 0.1) is 19.8 Å². The lowest BCUT2D eigenvalue weighted by atomic mass is 10.0. The number of alkyl carbamates (subject to hydrolysis) is 2. The van der Waals surface area contributed by atoms with E-state index in [0.717, 1.165) is 38.5 Å². The lowest BCUT2D eigenvalue weighted by molar-refractivity contribution is -0.119. The van der Waals surface area contributed by atoms with Crippen molar-refractivity contribution in [2.24, 2.45) is 5.73 Å². The minimum atomic E-state index is -1.05. The van der Waals surface area contributed by atoms with Gasteiger partial charge < -0.3 is 25.8 Å².